The molecule has 3 aromatic carbocycles. The number of para-hydroxylation sites is 2. The number of aryl methyl sites for hydroxylation is 1. The van der Waals surface area contributed by atoms with E-state index in [0.29, 0.717) is 64.8 Å². The van der Waals surface area contributed by atoms with E-state index in [0.717, 1.165) is 4.57 Å². The predicted octanol–water partition coefficient (Wildman–Crippen LogP) is 6.34. The van der Waals surface area contributed by atoms with Gasteiger partial charge in [0.1, 0.15) is 17.3 Å². The lowest BCUT2D eigenvalue weighted by Gasteiger charge is -2.33. The van der Waals surface area contributed by atoms with Crippen molar-refractivity contribution >= 4 is 33.6 Å². The zero-order valence-corrected chi connectivity index (χ0v) is 20.0. The lowest BCUT2D eigenvalue weighted by atomic mass is 10.0. The van der Waals surface area contributed by atoms with Crippen molar-refractivity contribution in [2.45, 2.75) is 25.4 Å². The van der Waals surface area contributed by atoms with Crippen LogP contribution in [0.5, 0.6) is 0 Å². The number of fused-ring (bicyclic) bond motifs is 2. The smallest absolute Gasteiger partial charge is 0.321 e. The van der Waals surface area contributed by atoms with E-state index in [1.807, 2.05) is 4.90 Å². The van der Waals surface area contributed by atoms with Gasteiger partial charge in [-0.05, 0) is 49.2 Å². The Hall–Kier alpha value is -4.08. The largest absolute Gasteiger partial charge is 0.380 e. The van der Waals surface area contributed by atoms with Crippen molar-refractivity contribution in [2.75, 3.05) is 23.3 Å². The van der Waals surface area contributed by atoms with Gasteiger partial charge in [0.05, 0.1) is 22.2 Å². The Morgan fingerprint density at radius 2 is 1.73 bits per heavy atom. The molecule has 10 heteroatoms. The normalized spacial score (nSPS) is 14.8. The molecule has 6 nitrogen and oxygen atoms in total. The van der Waals surface area contributed by atoms with Crippen LogP contribution in [0.15, 0.2) is 60.7 Å². The second-order valence-corrected chi connectivity index (χ2v) is 9.29. The highest BCUT2D eigenvalue weighted by Gasteiger charge is 2.27. The number of piperidine rings is 1. The first-order valence-corrected chi connectivity index (χ1v) is 12.1. The summed E-state index contributed by atoms with van der Waals surface area (Å²) in [5.41, 5.74) is 3.08. The summed E-state index contributed by atoms with van der Waals surface area (Å²) in [5.74, 6) is -0.562. The summed E-state index contributed by atoms with van der Waals surface area (Å²) in [5, 5.41) is 8.37. The minimum atomic E-state index is -2.70. The first kappa shape index (κ1) is 23.3. The lowest BCUT2D eigenvalue weighted by Crippen LogP contribution is -2.40. The van der Waals surface area contributed by atoms with Gasteiger partial charge in [-0.2, -0.15) is 13.9 Å². The molecule has 1 saturated heterocycles. The summed E-state index contributed by atoms with van der Waals surface area (Å²) in [6, 6.07) is 16.0. The van der Waals surface area contributed by atoms with Crippen LogP contribution in [-0.2, 0) is 7.05 Å². The third kappa shape index (κ3) is 4.16. The van der Waals surface area contributed by atoms with Gasteiger partial charge in [-0.3, -0.25) is 9.25 Å². The van der Waals surface area contributed by atoms with Crippen LogP contribution in [0.25, 0.3) is 33.2 Å². The molecule has 0 aliphatic carbocycles. The van der Waals surface area contributed by atoms with Crippen molar-refractivity contribution in [3.63, 3.8) is 0 Å². The topological polar surface area (TPSA) is 50.9 Å². The van der Waals surface area contributed by atoms with Gasteiger partial charge in [0.15, 0.2) is 0 Å². The highest BCUT2D eigenvalue weighted by atomic mass is 19.3. The molecule has 0 saturated carbocycles. The Morgan fingerprint density at radius 1 is 0.946 bits per heavy atom. The Balaban J connectivity index is 1.22. The van der Waals surface area contributed by atoms with Gasteiger partial charge in [-0.1, -0.05) is 24.3 Å². The number of benzene rings is 3. The maximum Gasteiger partial charge on any atom is 0.321 e. The van der Waals surface area contributed by atoms with Crippen molar-refractivity contribution in [1.29, 1.82) is 0 Å². The molecule has 0 unspecified atom stereocenters. The molecule has 0 spiro atoms. The second-order valence-electron chi connectivity index (χ2n) is 9.29. The van der Waals surface area contributed by atoms with Crippen LogP contribution in [0.3, 0.4) is 0 Å². The number of aromatic nitrogens is 4. The number of hydrogen-bond acceptors (Lipinski definition) is 4. The fraction of sp³-hybridized carbons (Fsp3) is 0.259. The van der Waals surface area contributed by atoms with Gasteiger partial charge in [0, 0.05) is 37.1 Å². The number of hydrogen-bond donors (Lipinski definition) is 1. The third-order valence-corrected chi connectivity index (χ3v) is 6.95. The number of anilines is 2. The summed E-state index contributed by atoms with van der Waals surface area (Å²) in [6.45, 7) is -1.68. The molecule has 1 N–H and O–H groups in total. The molecule has 1 fully saturated rings. The second kappa shape index (κ2) is 9.10. The van der Waals surface area contributed by atoms with Crippen molar-refractivity contribution in [2.24, 2.45) is 7.05 Å². The standard InChI is InChI=1S/C27H24F4N6/c1-35-24-15-22(20(29)14-19(24)25(34-35)16-5-4-6-17(28)13-16)32-18-9-11-36(12-10-18)27-33-21-7-2-3-8-23(21)37(27)26(30)31/h2-8,13-15,18,26,32H,9-12H2,1H3. The minimum absolute atomic E-state index is 0.0384. The first-order valence-electron chi connectivity index (χ1n) is 12.1. The van der Waals surface area contributed by atoms with E-state index in [-0.39, 0.29) is 17.8 Å². The van der Waals surface area contributed by atoms with Gasteiger partial charge < -0.3 is 10.2 Å². The molecule has 2 aromatic heterocycles. The van der Waals surface area contributed by atoms with Crippen molar-refractivity contribution in [3.8, 4) is 11.3 Å². The summed E-state index contributed by atoms with van der Waals surface area (Å²) in [4.78, 5) is 6.31. The molecule has 3 heterocycles. The average Bonchev–Trinajstić information content (AvgIpc) is 3.43. The van der Waals surface area contributed by atoms with E-state index in [1.54, 1.807) is 54.2 Å². The maximum absolute atomic E-state index is 15.2. The van der Waals surface area contributed by atoms with E-state index in [1.165, 1.54) is 18.2 Å². The van der Waals surface area contributed by atoms with Gasteiger partial charge >= 0.3 is 6.55 Å². The van der Waals surface area contributed by atoms with Crippen molar-refractivity contribution < 1.29 is 17.6 Å². The summed E-state index contributed by atoms with van der Waals surface area (Å²) >= 11 is 0. The predicted molar refractivity (Wildman–Crippen MR) is 136 cm³/mol. The zero-order valence-electron chi connectivity index (χ0n) is 20.0. The van der Waals surface area contributed by atoms with Crippen LogP contribution in [0.4, 0.5) is 29.2 Å². The number of rotatable bonds is 5. The molecular formula is C27H24F4N6. The Bertz CT molecular complexity index is 1600. The number of halogens is 4. The molecule has 0 amide bonds. The van der Waals surface area contributed by atoms with Crippen LogP contribution in [0, 0.1) is 11.6 Å². The van der Waals surface area contributed by atoms with E-state index >= 15 is 4.39 Å². The Labute approximate surface area is 210 Å². The summed E-state index contributed by atoms with van der Waals surface area (Å²) < 4.78 is 59.3. The van der Waals surface area contributed by atoms with Crippen LogP contribution in [-0.4, -0.2) is 38.5 Å². The molecule has 0 bridgehead atoms. The summed E-state index contributed by atoms with van der Waals surface area (Å²) in [6.07, 6.45) is 1.26. The number of imidazole rings is 1. The molecule has 0 atom stereocenters. The first-order chi connectivity index (χ1) is 17.9. The highest BCUT2D eigenvalue weighted by molar-refractivity contribution is 5.95. The summed E-state index contributed by atoms with van der Waals surface area (Å²) in [7, 11) is 1.76. The number of nitrogens with zero attached hydrogens (tertiary/aromatic N) is 5. The van der Waals surface area contributed by atoms with Gasteiger partial charge in [-0.15, -0.1) is 0 Å². The quantitative estimate of drug-likeness (QED) is 0.281. The monoisotopic (exact) mass is 508 g/mol. The third-order valence-electron chi connectivity index (χ3n) is 6.95. The Kier molecular flexibility index (Phi) is 5.73. The molecule has 6 rings (SSSR count). The molecule has 0 radical (unpaired) electrons. The SMILES string of the molecule is Cn1nc(-c2cccc(F)c2)c2cc(F)c(NC3CCN(c4nc5ccccc5n4C(F)F)CC3)cc21. The zero-order chi connectivity index (χ0) is 25.7. The fourth-order valence-corrected chi connectivity index (χ4v) is 5.13. The fourth-order valence-electron chi connectivity index (χ4n) is 5.13. The molecule has 5 aromatic rings. The van der Waals surface area contributed by atoms with E-state index in [2.05, 4.69) is 15.4 Å². The van der Waals surface area contributed by atoms with Gasteiger partial charge in [-0.25, -0.2) is 13.8 Å². The highest BCUT2D eigenvalue weighted by Crippen LogP contribution is 2.33. The van der Waals surface area contributed by atoms with Crippen molar-refractivity contribution in [1.82, 2.24) is 19.3 Å². The van der Waals surface area contributed by atoms with Gasteiger partial charge in [0.25, 0.3) is 0 Å². The average molecular weight is 509 g/mol. The maximum atomic E-state index is 15.2. The number of nitrogens with one attached hydrogen (secondary N) is 1. The lowest BCUT2D eigenvalue weighted by molar-refractivity contribution is 0.0757. The van der Waals surface area contributed by atoms with Gasteiger partial charge in [0.2, 0.25) is 5.95 Å². The van der Waals surface area contributed by atoms with Crippen LogP contribution >= 0.6 is 0 Å². The minimum Gasteiger partial charge on any atom is -0.380 e. The molecule has 190 valence electrons. The van der Waals surface area contributed by atoms with E-state index < -0.39 is 12.4 Å². The molecule has 1 aliphatic heterocycles. The van der Waals surface area contributed by atoms with E-state index in [4.69, 9.17) is 0 Å². The molecular weight excluding hydrogens is 484 g/mol. The van der Waals surface area contributed by atoms with Crippen LogP contribution < -0.4 is 10.2 Å². The van der Waals surface area contributed by atoms with Crippen molar-refractivity contribution in [3.05, 3.63) is 72.3 Å². The number of alkyl halides is 2. The van der Waals surface area contributed by atoms with E-state index in [9.17, 15) is 13.2 Å². The van der Waals surface area contributed by atoms with Crippen LogP contribution in [0.1, 0.15) is 19.4 Å². The molecule has 37 heavy (non-hydrogen) atoms. The van der Waals surface area contributed by atoms with Crippen LogP contribution in [0.2, 0.25) is 0 Å². The Morgan fingerprint density at radius 3 is 2.49 bits per heavy atom. The molecule has 1 aliphatic rings.